The lowest BCUT2D eigenvalue weighted by molar-refractivity contribution is 0.315. The number of benzene rings is 3. The Kier molecular flexibility index (Phi) is 5.26. The fourth-order valence-corrected chi connectivity index (χ4v) is 3.62. The van der Waals surface area contributed by atoms with Crippen molar-refractivity contribution in [1.29, 1.82) is 0 Å². The van der Waals surface area contributed by atoms with Crippen molar-refractivity contribution in [3.8, 4) is 0 Å². The third-order valence-corrected chi connectivity index (χ3v) is 4.87. The second-order valence-corrected chi connectivity index (χ2v) is 6.98. The van der Waals surface area contributed by atoms with Crippen molar-refractivity contribution in [2.75, 3.05) is 14.1 Å². The second kappa shape index (κ2) is 8.15. The number of aromatic nitrogens is 4. The van der Waals surface area contributed by atoms with Gasteiger partial charge in [-0.05, 0) is 41.2 Å². The van der Waals surface area contributed by atoms with Crippen molar-refractivity contribution in [3.05, 3.63) is 114 Å². The Bertz CT molecular complexity index is 957. The van der Waals surface area contributed by atoms with Crippen LogP contribution in [-0.2, 0) is 0 Å². The molecule has 0 fully saturated rings. The Hall–Kier alpha value is -3.31. The lowest BCUT2D eigenvalue weighted by Crippen LogP contribution is -2.27. The molecule has 0 spiro atoms. The minimum absolute atomic E-state index is 0.0499. The Morgan fingerprint density at radius 1 is 0.679 bits per heavy atom. The van der Waals surface area contributed by atoms with Gasteiger partial charge in [-0.2, -0.15) is 0 Å². The predicted molar refractivity (Wildman–Crippen MR) is 110 cm³/mol. The van der Waals surface area contributed by atoms with Crippen LogP contribution in [0.3, 0.4) is 0 Å². The first-order valence-electron chi connectivity index (χ1n) is 9.34. The van der Waals surface area contributed by atoms with Crippen LogP contribution in [0.25, 0.3) is 0 Å². The molecule has 1 aromatic heterocycles. The summed E-state index contributed by atoms with van der Waals surface area (Å²) in [5.41, 5.74) is 3.45. The SMILES string of the molecule is CN(C)[C@H](c1ccccc1)c1nnnn1C(c1ccccc1)c1ccccc1. The van der Waals surface area contributed by atoms with Crippen LogP contribution in [0.1, 0.15) is 34.6 Å². The van der Waals surface area contributed by atoms with Gasteiger partial charge in [-0.15, -0.1) is 5.10 Å². The van der Waals surface area contributed by atoms with Crippen LogP contribution in [0.4, 0.5) is 0 Å². The van der Waals surface area contributed by atoms with Crippen LogP contribution in [0, 0.1) is 0 Å². The monoisotopic (exact) mass is 369 g/mol. The summed E-state index contributed by atoms with van der Waals surface area (Å²) in [6, 6.07) is 30.9. The first kappa shape index (κ1) is 18.1. The molecule has 0 aliphatic rings. The summed E-state index contributed by atoms with van der Waals surface area (Å²) in [6.07, 6.45) is 0. The van der Waals surface area contributed by atoms with E-state index in [9.17, 15) is 0 Å². The van der Waals surface area contributed by atoms with E-state index in [0.717, 1.165) is 22.5 Å². The molecule has 1 atom stereocenters. The summed E-state index contributed by atoms with van der Waals surface area (Å²) in [7, 11) is 4.10. The standard InChI is InChI=1S/C23H23N5/c1-27(2)22(20-16-10-5-11-17-20)23-24-25-26-28(23)21(18-12-6-3-7-13-18)19-14-8-4-9-15-19/h3-17,21-22H,1-2H3/t22-/m1/s1. The van der Waals surface area contributed by atoms with Gasteiger partial charge in [0.15, 0.2) is 5.82 Å². The molecule has 1 heterocycles. The summed E-state index contributed by atoms with van der Waals surface area (Å²) in [6.45, 7) is 0. The van der Waals surface area contributed by atoms with Gasteiger partial charge in [0.2, 0.25) is 0 Å². The maximum absolute atomic E-state index is 4.45. The molecule has 0 saturated carbocycles. The van der Waals surface area contributed by atoms with Crippen LogP contribution in [0.2, 0.25) is 0 Å². The van der Waals surface area contributed by atoms with Crippen molar-refractivity contribution in [3.63, 3.8) is 0 Å². The zero-order valence-electron chi connectivity index (χ0n) is 16.1. The molecule has 0 radical (unpaired) electrons. The highest BCUT2D eigenvalue weighted by atomic mass is 15.6. The molecule has 0 N–H and O–H groups in total. The summed E-state index contributed by atoms with van der Waals surface area (Å²) in [5.74, 6) is 0.814. The van der Waals surface area contributed by atoms with Gasteiger partial charge in [0, 0.05) is 0 Å². The molecule has 28 heavy (non-hydrogen) atoms. The van der Waals surface area contributed by atoms with Crippen LogP contribution in [-0.4, -0.2) is 39.2 Å². The van der Waals surface area contributed by atoms with E-state index in [2.05, 4.69) is 95.2 Å². The maximum atomic E-state index is 4.45. The third-order valence-electron chi connectivity index (χ3n) is 4.87. The Morgan fingerprint density at radius 3 is 1.61 bits per heavy atom. The van der Waals surface area contributed by atoms with E-state index < -0.39 is 0 Å². The van der Waals surface area contributed by atoms with Gasteiger partial charge in [0.05, 0.1) is 6.04 Å². The molecule has 0 aliphatic heterocycles. The zero-order chi connectivity index (χ0) is 19.3. The third kappa shape index (κ3) is 3.57. The van der Waals surface area contributed by atoms with Gasteiger partial charge in [-0.3, -0.25) is 4.90 Å². The van der Waals surface area contributed by atoms with Crippen LogP contribution in [0.15, 0.2) is 91.0 Å². The first-order valence-corrected chi connectivity index (χ1v) is 9.34. The van der Waals surface area contributed by atoms with E-state index in [0.29, 0.717) is 0 Å². The zero-order valence-corrected chi connectivity index (χ0v) is 16.1. The molecule has 0 aliphatic carbocycles. The van der Waals surface area contributed by atoms with Gasteiger partial charge in [-0.1, -0.05) is 91.0 Å². The highest BCUT2D eigenvalue weighted by Gasteiger charge is 2.28. The number of tetrazole rings is 1. The summed E-state index contributed by atoms with van der Waals surface area (Å²) in [4.78, 5) is 2.14. The summed E-state index contributed by atoms with van der Waals surface area (Å²) in [5, 5.41) is 12.9. The normalized spacial score (nSPS) is 12.4. The topological polar surface area (TPSA) is 46.8 Å². The Balaban J connectivity index is 1.87. The average Bonchev–Trinajstić information content (AvgIpc) is 3.19. The van der Waals surface area contributed by atoms with Gasteiger partial charge in [0.1, 0.15) is 6.04 Å². The Labute approximate surface area is 165 Å². The maximum Gasteiger partial charge on any atom is 0.174 e. The van der Waals surface area contributed by atoms with E-state index in [1.54, 1.807) is 0 Å². The molecule has 0 bridgehead atoms. The number of rotatable bonds is 6. The van der Waals surface area contributed by atoms with Gasteiger partial charge in [0.25, 0.3) is 0 Å². The number of hydrogen-bond donors (Lipinski definition) is 0. The first-order chi connectivity index (χ1) is 13.8. The van der Waals surface area contributed by atoms with Crippen molar-refractivity contribution in [1.82, 2.24) is 25.1 Å². The largest absolute Gasteiger partial charge is 0.296 e. The Morgan fingerprint density at radius 2 is 1.14 bits per heavy atom. The van der Waals surface area contributed by atoms with Crippen LogP contribution in [0.5, 0.6) is 0 Å². The molecule has 0 unspecified atom stereocenters. The van der Waals surface area contributed by atoms with Crippen molar-refractivity contribution in [2.45, 2.75) is 12.1 Å². The van der Waals surface area contributed by atoms with Crippen molar-refractivity contribution in [2.24, 2.45) is 0 Å². The molecule has 140 valence electrons. The molecule has 4 aromatic rings. The highest BCUT2D eigenvalue weighted by Crippen LogP contribution is 2.31. The molecule has 4 rings (SSSR count). The van der Waals surface area contributed by atoms with E-state index in [4.69, 9.17) is 0 Å². The predicted octanol–water partition coefficient (Wildman–Crippen LogP) is 3.96. The molecular formula is C23H23N5. The fourth-order valence-electron chi connectivity index (χ4n) is 3.62. The fraction of sp³-hybridized carbons (Fsp3) is 0.174. The summed E-state index contributed by atoms with van der Waals surface area (Å²) < 4.78 is 1.95. The molecule has 3 aromatic carbocycles. The van der Waals surface area contributed by atoms with Gasteiger partial charge in [-0.25, -0.2) is 4.68 Å². The number of nitrogens with zero attached hydrogens (tertiary/aromatic N) is 5. The van der Waals surface area contributed by atoms with Gasteiger partial charge >= 0.3 is 0 Å². The van der Waals surface area contributed by atoms with Crippen LogP contribution < -0.4 is 0 Å². The van der Waals surface area contributed by atoms with Crippen molar-refractivity contribution >= 4 is 0 Å². The molecule has 0 saturated heterocycles. The molecular weight excluding hydrogens is 346 g/mol. The molecule has 5 nitrogen and oxygen atoms in total. The van der Waals surface area contributed by atoms with Gasteiger partial charge < -0.3 is 0 Å². The molecule has 5 heteroatoms. The van der Waals surface area contributed by atoms with Crippen LogP contribution >= 0.6 is 0 Å². The minimum atomic E-state index is -0.0986. The number of hydrogen-bond acceptors (Lipinski definition) is 4. The van der Waals surface area contributed by atoms with Crippen molar-refractivity contribution < 1.29 is 0 Å². The minimum Gasteiger partial charge on any atom is -0.296 e. The lowest BCUT2D eigenvalue weighted by Gasteiger charge is -2.27. The second-order valence-electron chi connectivity index (χ2n) is 6.98. The summed E-state index contributed by atoms with van der Waals surface area (Å²) >= 11 is 0. The van der Waals surface area contributed by atoms with E-state index >= 15 is 0 Å². The lowest BCUT2D eigenvalue weighted by atomic mass is 9.98. The van der Waals surface area contributed by atoms with E-state index in [-0.39, 0.29) is 12.1 Å². The van der Waals surface area contributed by atoms with E-state index in [1.165, 1.54) is 0 Å². The molecule has 0 amide bonds. The highest BCUT2D eigenvalue weighted by molar-refractivity contribution is 5.34. The average molecular weight is 369 g/mol. The smallest absolute Gasteiger partial charge is 0.174 e. The quantitative estimate of drug-likeness (QED) is 0.516. The van der Waals surface area contributed by atoms with E-state index in [1.807, 2.05) is 35.0 Å².